The van der Waals surface area contributed by atoms with Gasteiger partial charge in [-0.25, -0.2) is 4.98 Å². The predicted molar refractivity (Wildman–Crippen MR) is 148 cm³/mol. The van der Waals surface area contributed by atoms with Crippen molar-refractivity contribution < 1.29 is 9.53 Å². The third kappa shape index (κ3) is 3.30. The van der Waals surface area contributed by atoms with E-state index in [0.717, 1.165) is 67.1 Å². The SMILES string of the molecule is BC1(N)C2CCC1N(C(=O)c1cc(OC)c3c(c1)nc(-c1cc4ccccc4n1C)n3CC1CNC1)C2. The first-order valence-corrected chi connectivity index (χ1v) is 13.3. The molecule has 2 saturated heterocycles. The highest BCUT2D eigenvalue weighted by Gasteiger charge is 2.54. The van der Waals surface area contributed by atoms with Crippen LogP contribution in [0.1, 0.15) is 23.2 Å². The molecule has 2 bridgehead atoms. The van der Waals surface area contributed by atoms with Gasteiger partial charge in [0.15, 0.2) is 5.82 Å². The molecule has 37 heavy (non-hydrogen) atoms. The number of piperidine rings is 1. The zero-order chi connectivity index (χ0) is 25.5. The maximum Gasteiger partial charge on any atom is 0.254 e. The number of aryl methyl sites for hydroxylation is 1. The van der Waals surface area contributed by atoms with E-state index in [4.69, 9.17) is 15.5 Å². The summed E-state index contributed by atoms with van der Waals surface area (Å²) in [7, 11) is 5.86. The summed E-state index contributed by atoms with van der Waals surface area (Å²) in [6, 6.07) is 14.5. The lowest BCUT2D eigenvalue weighted by molar-refractivity contribution is 0.0697. The number of carbonyl (C=O) groups excluding carboxylic acids is 1. The number of aromatic nitrogens is 3. The Hall–Kier alpha value is -3.30. The Bertz CT molecular complexity index is 1550. The summed E-state index contributed by atoms with van der Waals surface area (Å²) in [4.78, 5) is 20.9. The van der Waals surface area contributed by atoms with Gasteiger partial charge in [0.05, 0.1) is 18.3 Å². The fourth-order valence-electron chi connectivity index (χ4n) is 6.91. The predicted octanol–water partition coefficient (Wildman–Crippen LogP) is 1.95. The smallest absolute Gasteiger partial charge is 0.254 e. The number of nitrogens with zero attached hydrogens (tertiary/aromatic N) is 4. The first-order valence-electron chi connectivity index (χ1n) is 13.3. The lowest BCUT2D eigenvalue weighted by Crippen LogP contribution is -2.52. The molecule has 3 unspecified atom stereocenters. The van der Waals surface area contributed by atoms with Gasteiger partial charge in [-0.05, 0) is 43.0 Å². The monoisotopic (exact) mass is 496 g/mol. The van der Waals surface area contributed by atoms with E-state index in [9.17, 15) is 4.79 Å². The molecule has 9 heteroatoms. The minimum atomic E-state index is -0.316. The number of methoxy groups -OCH3 is 1. The second-order valence-corrected chi connectivity index (χ2v) is 11.4. The van der Waals surface area contributed by atoms with E-state index in [1.807, 2.05) is 17.0 Å². The zero-order valence-electron chi connectivity index (χ0n) is 21.7. The van der Waals surface area contributed by atoms with Crippen LogP contribution in [0.2, 0.25) is 0 Å². The Balaban J connectivity index is 1.37. The number of benzene rings is 2. The second-order valence-electron chi connectivity index (χ2n) is 11.4. The molecule has 2 aliphatic heterocycles. The number of para-hydroxylation sites is 1. The fraction of sp³-hybridized carbons (Fsp3) is 0.429. The summed E-state index contributed by atoms with van der Waals surface area (Å²) in [6.07, 6.45) is 2.07. The van der Waals surface area contributed by atoms with Crippen molar-refractivity contribution in [1.29, 1.82) is 0 Å². The van der Waals surface area contributed by atoms with E-state index >= 15 is 0 Å². The summed E-state index contributed by atoms with van der Waals surface area (Å²) in [5.41, 5.74) is 10.9. The van der Waals surface area contributed by atoms with Crippen LogP contribution in [-0.4, -0.2) is 71.0 Å². The highest BCUT2D eigenvalue weighted by atomic mass is 16.5. The number of rotatable bonds is 5. The normalized spacial score (nSPS) is 25.3. The Labute approximate surface area is 217 Å². The van der Waals surface area contributed by atoms with Crippen molar-refractivity contribution in [1.82, 2.24) is 24.3 Å². The molecule has 3 N–H and O–H groups in total. The Morgan fingerprint density at radius 2 is 2.05 bits per heavy atom. The minimum absolute atomic E-state index is 0.0213. The number of nitrogens with two attached hydrogens (primary N) is 1. The van der Waals surface area contributed by atoms with Crippen molar-refractivity contribution in [3.05, 3.63) is 48.0 Å². The Kier molecular flexibility index (Phi) is 5.01. The number of hydrogen-bond acceptors (Lipinski definition) is 5. The van der Waals surface area contributed by atoms with Crippen molar-refractivity contribution >= 4 is 35.7 Å². The molecule has 1 saturated carbocycles. The number of fused-ring (bicyclic) bond motifs is 4. The van der Waals surface area contributed by atoms with Gasteiger partial charge in [0.2, 0.25) is 0 Å². The molecule has 3 fully saturated rings. The number of hydrogen-bond donors (Lipinski definition) is 2. The van der Waals surface area contributed by atoms with Gasteiger partial charge in [0.25, 0.3) is 5.91 Å². The van der Waals surface area contributed by atoms with Gasteiger partial charge in [-0.15, -0.1) is 0 Å². The standard InChI is InChI=1S/C28H33BN6O2/c1-33-21-6-4-3-5-17(21)10-22(33)26-32-20-9-18(27(36)34-15-19-7-8-24(34)28(19,29)30)11-23(37-2)25(20)35(26)14-16-12-31-13-16/h3-6,9-11,16,19,24,31H,7-8,12-15,29-30H2,1-2H3. The van der Waals surface area contributed by atoms with Crippen LogP contribution in [0.15, 0.2) is 42.5 Å². The van der Waals surface area contributed by atoms with Crippen LogP contribution < -0.4 is 15.8 Å². The number of imidazole rings is 1. The molecule has 8 nitrogen and oxygen atoms in total. The molecular formula is C28H33BN6O2. The summed E-state index contributed by atoms with van der Waals surface area (Å²) in [5, 5.41) is 4.57. The van der Waals surface area contributed by atoms with Crippen LogP contribution in [0.3, 0.4) is 0 Å². The van der Waals surface area contributed by atoms with E-state index < -0.39 is 0 Å². The van der Waals surface area contributed by atoms with Gasteiger partial charge in [0, 0.05) is 67.1 Å². The van der Waals surface area contributed by atoms with Gasteiger partial charge in [-0.1, -0.05) is 18.2 Å². The van der Waals surface area contributed by atoms with Crippen molar-refractivity contribution in [3.63, 3.8) is 0 Å². The van der Waals surface area contributed by atoms with E-state index in [1.165, 1.54) is 5.39 Å². The largest absolute Gasteiger partial charge is 0.494 e. The molecular weight excluding hydrogens is 463 g/mol. The molecule has 1 aliphatic carbocycles. The van der Waals surface area contributed by atoms with Crippen molar-refractivity contribution in [2.45, 2.75) is 30.9 Å². The molecule has 190 valence electrons. The molecule has 4 heterocycles. The minimum Gasteiger partial charge on any atom is -0.494 e. The summed E-state index contributed by atoms with van der Waals surface area (Å²) in [6.45, 7) is 3.54. The molecule has 1 amide bonds. The lowest BCUT2D eigenvalue weighted by Gasteiger charge is -2.30. The van der Waals surface area contributed by atoms with Gasteiger partial charge in [-0.3, -0.25) is 4.79 Å². The number of likely N-dealkylation sites (tertiary alicyclic amines) is 1. The van der Waals surface area contributed by atoms with Crippen LogP contribution in [0, 0.1) is 11.8 Å². The highest BCUT2D eigenvalue weighted by molar-refractivity contribution is 6.17. The fourth-order valence-corrected chi connectivity index (χ4v) is 6.91. The lowest BCUT2D eigenvalue weighted by atomic mass is 9.71. The molecule has 0 radical (unpaired) electrons. The summed E-state index contributed by atoms with van der Waals surface area (Å²) in [5.74, 6) is 2.50. The van der Waals surface area contributed by atoms with Gasteiger partial charge in [-0.2, -0.15) is 0 Å². The second kappa shape index (κ2) is 8.10. The molecule has 2 aromatic heterocycles. The van der Waals surface area contributed by atoms with Crippen LogP contribution in [-0.2, 0) is 13.6 Å². The summed E-state index contributed by atoms with van der Waals surface area (Å²) < 4.78 is 10.4. The van der Waals surface area contributed by atoms with E-state index in [0.29, 0.717) is 23.1 Å². The molecule has 0 spiro atoms. The first-order chi connectivity index (χ1) is 17.9. The molecule has 2 aromatic carbocycles. The molecule has 7 rings (SSSR count). The van der Waals surface area contributed by atoms with Gasteiger partial charge in [0.1, 0.15) is 19.1 Å². The number of ether oxygens (including phenoxy) is 1. The van der Waals surface area contributed by atoms with Crippen LogP contribution in [0.5, 0.6) is 5.75 Å². The van der Waals surface area contributed by atoms with E-state index in [1.54, 1.807) is 7.11 Å². The third-order valence-corrected chi connectivity index (χ3v) is 9.20. The van der Waals surface area contributed by atoms with Crippen LogP contribution >= 0.6 is 0 Å². The zero-order valence-corrected chi connectivity index (χ0v) is 21.7. The Morgan fingerprint density at radius 1 is 1.24 bits per heavy atom. The topological polar surface area (TPSA) is 90.3 Å². The first kappa shape index (κ1) is 22.9. The molecule has 3 aliphatic rings. The number of amides is 1. The Morgan fingerprint density at radius 3 is 2.70 bits per heavy atom. The highest BCUT2D eigenvalue weighted by Crippen LogP contribution is 2.43. The van der Waals surface area contributed by atoms with Crippen molar-refractivity contribution in [3.8, 4) is 17.3 Å². The average molecular weight is 496 g/mol. The summed E-state index contributed by atoms with van der Waals surface area (Å²) >= 11 is 0. The van der Waals surface area contributed by atoms with Crippen LogP contribution in [0.4, 0.5) is 0 Å². The van der Waals surface area contributed by atoms with Crippen molar-refractivity contribution in [2.75, 3.05) is 26.7 Å². The maximum atomic E-state index is 13.8. The number of nitrogens with one attached hydrogen (secondary N) is 1. The van der Waals surface area contributed by atoms with Gasteiger partial charge >= 0.3 is 0 Å². The quantitative estimate of drug-likeness (QED) is 0.413. The van der Waals surface area contributed by atoms with E-state index in [2.05, 4.69) is 59.7 Å². The van der Waals surface area contributed by atoms with Crippen LogP contribution in [0.25, 0.3) is 33.5 Å². The molecule has 4 aromatic rings. The third-order valence-electron chi connectivity index (χ3n) is 9.20. The molecule has 3 atom stereocenters. The van der Waals surface area contributed by atoms with Crippen molar-refractivity contribution in [2.24, 2.45) is 24.6 Å². The maximum absolute atomic E-state index is 13.8. The van der Waals surface area contributed by atoms with Gasteiger partial charge < -0.3 is 29.8 Å². The van der Waals surface area contributed by atoms with E-state index in [-0.39, 0.29) is 17.4 Å². The number of carbonyl (C=O) groups is 1. The average Bonchev–Trinajstić information content (AvgIpc) is 3.57.